The van der Waals surface area contributed by atoms with E-state index in [-0.39, 0.29) is 24.0 Å². The molecule has 0 saturated carbocycles. The van der Waals surface area contributed by atoms with E-state index in [1.165, 1.54) is 23.0 Å². The fourth-order valence-electron chi connectivity index (χ4n) is 5.83. The SMILES string of the molecule is COc1ccccc1[C@@H]1C2=C(N=c3s/c(=C/c4ccccc4OCc4ccccc4F)c(=O)n31)c1ccccc1CC2. The van der Waals surface area contributed by atoms with Gasteiger partial charge in [-0.1, -0.05) is 90.2 Å². The molecule has 0 saturated heterocycles. The molecule has 0 fully saturated rings. The predicted molar refractivity (Wildman–Crippen MR) is 163 cm³/mol. The predicted octanol–water partition coefficient (Wildman–Crippen LogP) is 6.05. The van der Waals surface area contributed by atoms with E-state index in [0.717, 1.165) is 46.6 Å². The van der Waals surface area contributed by atoms with E-state index in [1.807, 2.05) is 65.2 Å². The fourth-order valence-corrected chi connectivity index (χ4v) is 6.83. The van der Waals surface area contributed by atoms with Crippen LogP contribution in [0.15, 0.2) is 112 Å². The second-order valence-electron chi connectivity index (χ2n) is 10.3. The molecule has 0 N–H and O–H groups in total. The van der Waals surface area contributed by atoms with Gasteiger partial charge in [0.2, 0.25) is 0 Å². The van der Waals surface area contributed by atoms with Crippen LogP contribution in [0.4, 0.5) is 4.39 Å². The number of nitrogens with zero attached hydrogens (tertiary/aromatic N) is 2. The summed E-state index contributed by atoms with van der Waals surface area (Å²) in [7, 11) is 1.66. The monoisotopic (exact) mass is 574 g/mol. The standard InChI is InChI=1S/C35H27FN2O3S/c1-40-30-17-9-6-14-26(30)33-27-19-18-22-10-2-5-13-25(22)32(27)37-35-38(33)34(39)31(42-35)20-23-11-4-8-16-29(23)41-21-24-12-3-7-15-28(24)36/h2-17,20,33H,18-19,21H2,1H3/b31-20+/t33-/m1/s1. The Morgan fingerprint density at radius 3 is 2.52 bits per heavy atom. The average molecular weight is 575 g/mol. The fraction of sp³-hybridized carbons (Fsp3) is 0.143. The summed E-state index contributed by atoms with van der Waals surface area (Å²) in [5, 5.41) is 0. The van der Waals surface area contributed by atoms with Crippen LogP contribution in [0, 0.1) is 5.82 Å². The van der Waals surface area contributed by atoms with Gasteiger partial charge in [-0.3, -0.25) is 9.36 Å². The maximum atomic E-state index is 14.2. The normalized spacial score (nSPS) is 15.9. The highest BCUT2D eigenvalue weighted by Gasteiger charge is 2.34. The number of aryl methyl sites for hydroxylation is 1. The average Bonchev–Trinajstić information content (AvgIpc) is 3.34. The molecule has 0 unspecified atom stereocenters. The molecule has 1 atom stereocenters. The van der Waals surface area contributed by atoms with Crippen LogP contribution < -0.4 is 24.4 Å². The number of fused-ring (bicyclic) bond motifs is 3. The number of halogens is 1. The van der Waals surface area contributed by atoms with Crippen molar-refractivity contribution in [2.75, 3.05) is 7.11 Å². The number of aromatic nitrogens is 1. The molecule has 0 radical (unpaired) electrons. The summed E-state index contributed by atoms with van der Waals surface area (Å²) in [6.45, 7) is 0.0821. The minimum atomic E-state index is -0.338. The van der Waals surface area contributed by atoms with Crippen LogP contribution in [0.25, 0.3) is 11.8 Å². The molecule has 4 aromatic carbocycles. The summed E-state index contributed by atoms with van der Waals surface area (Å²) < 4.78 is 28.4. The number of hydrogen-bond acceptors (Lipinski definition) is 5. The van der Waals surface area contributed by atoms with Gasteiger partial charge in [0.25, 0.3) is 5.56 Å². The Balaban J connectivity index is 1.38. The summed E-state index contributed by atoms with van der Waals surface area (Å²) in [6, 6.07) is 30.0. The number of allylic oxidation sites excluding steroid dienone is 1. The maximum Gasteiger partial charge on any atom is 0.271 e. The first-order valence-electron chi connectivity index (χ1n) is 13.8. The van der Waals surface area contributed by atoms with Crippen molar-refractivity contribution in [3.63, 3.8) is 0 Å². The van der Waals surface area contributed by atoms with Gasteiger partial charge in [-0.05, 0) is 48.3 Å². The van der Waals surface area contributed by atoms with Gasteiger partial charge in [-0.2, -0.15) is 0 Å². The van der Waals surface area contributed by atoms with E-state index in [9.17, 15) is 9.18 Å². The molecule has 0 spiro atoms. The molecule has 1 aromatic heterocycles. The van der Waals surface area contributed by atoms with Crippen LogP contribution in [0.5, 0.6) is 11.5 Å². The summed E-state index contributed by atoms with van der Waals surface area (Å²) in [5.74, 6) is 0.989. The zero-order chi connectivity index (χ0) is 28.6. The van der Waals surface area contributed by atoms with Gasteiger partial charge < -0.3 is 9.47 Å². The zero-order valence-electron chi connectivity index (χ0n) is 22.9. The quantitative estimate of drug-likeness (QED) is 0.248. The van der Waals surface area contributed by atoms with E-state index in [4.69, 9.17) is 14.5 Å². The topological polar surface area (TPSA) is 52.8 Å². The number of thiazole rings is 1. The van der Waals surface area contributed by atoms with Crippen LogP contribution in [0.1, 0.15) is 40.3 Å². The second-order valence-corrected chi connectivity index (χ2v) is 11.3. The third-order valence-corrected chi connectivity index (χ3v) is 8.84. The molecular weight excluding hydrogens is 547 g/mol. The van der Waals surface area contributed by atoms with Crippen LogP contribution in [-0.2, 0) is 13.0 Å². The van der Waals surface area contributed by atoms with E-state index in [0.29, 0.717) is 20.6 Å². The number of rotatable bonds is 6. The summed E-state index contributed by atoms with van der Waals surface area (Å²) >= 11 is 1.36. The largest absolute Gasteiger partial charge is 0.496 e. The van der Waals surface area contributed by atoms with Gasteiger partial charge in [0.15, 0.2) is 4.80 Å². The van der Waals surface area contributed by atoms with Crippen molar-refractivity contribution >= 4 is 23.1 Å². The number of ether oxygens (including phenoxy) is 2. The lowest BCUT2D eigenvalue weighted by molar-refractivity contribution is 0.299. The van der Waals surface area contributed by atoms with E-state index < -0.39 is 0 Å². The minimum absolute atomic E-state index is 0.0821. The number of hydrogen-bond donors (Lipinski definition) is 0. The summed E-state index contributed by atoms with van der Waals surface area (Å²) in [4.78, 5) is 19.9. The Hall–Kier alpha value is -4.75. The van der Waals surface area contributed by atoms with Crippen molar-refractivity contribution in [2.24, 2.45) is 4.99 Å². The van der Waals surface area contributed by atoms with Crippen molar-refractivity contribution in [3.8, 4) is 11.5 Å². The molecule has 0 bridgehead atoms. The molecule has 1 aliphatic carbocycles. The van der Waals surface area contributed by atoms with Crippen LogP contribution in [-0.4, -0.2) is 11.7 Å². The van der Waals surface area contributed by atoms with Crippen LogP contribution in [0.2, 0.25) is 0 Å². The van der Waals surface area contributed by atoms with Gasteiger partial charge in [-0.15, -0.1) is 0 Å². The molecule has 7 rings (SSSR count). The van der Waals surface area contributed by atoms with Crippen LogP contribution >= 0.6 is 11.3 Å². The Labute approximate surface area is 246 Å². The summed E-state index contributed by atoms with van der Waals surface area (Å²) in [5.41, 5.74) is 6.45. The van der Waals surface area contributed by atoms with Gasteiger partial charge in [-0.25, -0.2) is 9.38 Å². The van der Waals surface area contributed by atoms with Crippen molar-refractivity contribution < 1.29 is 13.9 Å². The van der Waals surface area contributed by atoms with Crippen molar-refractivity contribution in [3.05, 3.63) is 156 Å². The Kier molecular flexibility index (Phi) is 6.80. The molecule has 5 nitrogen and oxygen atoms in total. The van der Waals surface area contributed by atoms with Gasteiger partial charge >= 0.3 is 0 Å². The van der Waals surface area contributed by atoms with E-state index in [2.05, 4.69) is 18.2 Å². The van der Waals surface area contributed by atoms with Crippen LogP contribution in [0.3, 0.4) is 0 Å². The van der Waals surface area contributed by atoms with Crippen molar-refractivity contribution in [2.45, 2.75) is 25.5 Å². The highest BCUT2D eigenvalue weighted by molar-refractivity contribution is 7.07. The first-order chi connectivity index (χ1) is 20.6. The Bertz CT molecular complexity index is 2040. The van der Waals surface area contributed by atoms with Gasteiger partial charge in [0, 0.05) is 22.3 Å². The lowest BCUT2D eigenvalue weighted by Gasteiger charge is -2.31. The first kappa shape index (κ1) is 26.2. The number of benzene rings is 4. The molecule has 42 heavy (non-hydrogen) atoms. The van der Waals surface area contributed by atoms with E-state index >= 15 is 0 Å². The molecular formula is C35H27FN2O3S. The highest BCUT2D eigenvalue weighted by atomic mass is 32.1. The lowest BCUT2D eigenvalue weighted by Crippen LogP contribution is -2.39. The second kappa shape index (κ2) is 10.9. The molecule has 2 heterocycles. The minimum Gasteiger partial charge on any atom is -0.496 e. The Morgan fingerprint density at radius 1 is 0.929 bits per heavy atom. The zero-order valence-corrected chi connectivity index (χ0v) is 23.7. The third kappa shape index (κ3) is 4.56. The smallest absolute Gasteiger partial charge is 0.271 e. The van der Waals surface area contributed by atoms with Gasteiger partial charge in [0.05, 0.1) is 23.4 Å². The number of para-hydroxylation sites is 2. The molecule has 2 aliphatic rings. The molecule has 0 amide bonds. The van der Waals surface area contributed by atoms with Crippen molar-refractivity contribution in [1.82, 2.24) is 4.57 Å². The number of methoxy groups -OCH3 is 1. The maximum absolute atomic E-state index is 14.2. The molecule has 5 aromatic rings. The van der Waals surface area contributed by atoms with Gasteiger partial charge in [0.1, 0.15) is 23.9 Å². The van der Waals surface area contributed by atoms with Crippen molar-refractivity contribution in [1.29, 1.82) is 0 Å². The summed E-state index contributed by atoms with van der Waals surface area (Å²) in [6.07, 6.45) is 3.53. The Morgan fingerprint density at radius 2 is 1.67 bits per heavy atom. The molecule has 208 valence electrons. The highest BCUT2D eigenvalue weighted by Crippen LogP contribution is 2.43. The van der Waals surface area contributed by atoms with E-state index in [1.54, 1.807) is 25.3 Å². The third-order valence-electron chi connectivity index (χ3n) is 7.85. The first-order valence-corrected chi connectivity index (χ1v) is 14.7. The molecule has 1 aliphatic heterocycles. The molecule has 7 heteroatoms. The lowest BCUT2D eigenvalue weighted by atomic mass is 9.83.